The Hall–Kier alpha value is -2.40. The maximum absolute atomic E-state index is 13.1. The molecular weight excluding hydrogens is 368 g/mol. The molecule has 1 fully saturated rings. The Labute approximate surface area is 171 Å². The van der Waals surface area contributed by atoms with Gasteiger partial charge in [-0.2, -0.15) is 0 Å². The summed E-state index contributed by atoms with van der Waals surface area (Å²) >= 11 is 1.71. The summed E-state index contributed by atoms with van der Waals surface area (Å²) in [6.07, 6.45) is 2.99. The van der Waals surface area contributed by atoms with E-state index in [4.69, 9.17) is 0 Å². The van der Waals surface area contributed by atoms with Gasteiger partial charge in [0.2, 0.25) is 11.8 Å². The number of likely N-dealkylation sites (tertiary alicyclic amines) is 1. The van der Waals surface area contributed by atoms with Crippen LogP contribution in [0, 0.1) is 11.3 Å². The number of carbonyl (C=O) groups is 2. The molecule has 0 aliphatic carbocycles. The highest BCUT2D eigenvalue weighted by Crippen LogP contribution is 2.36. The summed E-state index contributed by atoms with van der Waals surface area (Å²) in [5.41, 5.74) is 1.70. The normalized spacial score (nSPS) is 19.0. The standard InChI is InChI=1S/C23H28N2O2S/c1-4-11-24-22(27)23(10-12-25(16-23)21(26)17(2)3)15-18-7-5-8-19(14-18)20-9-6-13-28-20/h4-9,13-14,17H,1,10-12,15-16H2,2-3H3,(H,24,27)/t23-/m0/s1. The fraction of sp³-hybridized carbons (Fsp3) is 0.391. The Kier molecular flexibility index (Phi) is 6.35. The second kappa shape index (κ2) is 8.74. The molecule has 0 radical (unpaired) electrons. The van der Waals surface area contributed by atoms with Crippen LogP contribution in [0.1, 0.15) is 25.8 Å². The molecule has 1 aromatic carbocycles. The number of hydrogen-bond acceptors (Lipinski definition) is 3. The molecule has 0 unspecified atom stereocenters. The van der Waals surface area contributed by atoms with Gasteiger partial charge in [-0.25, -0.2) is 0 Å². The molecular formula is C23H28N2O2S. The summed E-state index contributed by atoms with van der Waals surface area (Å²) in [5, 5.41) is 5.04. The molecule has 148 valence electrons. The summed E-state index contributed by atoms with van der Waals surface area (Å²) in [4.78, 5) is 28.7. The van der Waals surface area contributed by atoms with E-state index in [0.717, 1.165) is 5.56 Å². The molecule has 1 atom stereocenters. The highest BCUT2D eigenvalue weighted by molar-refractivity contribution is 7.13. The van der Waals surface area contributed by atoms with Crippen molar-refractivity contribution in [2.75, 3.05) is 19.6 Å². The zero-order valence-electron chi connectivity index (χ0n) is 16.6. The maximum atomic E-state index is 13.1. The van der Waals surface area contributed by atoms with E-state index in [0.29, 0.717) is 32.5 Å². The van der Waals surface area contributed by atoms with Crippen molar-refractivity contribution < 1.29 is 9.59 Å². The van der Waals surface area contributed by atoms with E-state index in [1.165, 1.54) is 10.4 Å². The topological polar surface area (TPSA) is 49.4 Å². The van der Waals surface area contributed by atoms with E-state index in [1.54, 1.807) is 17.4 Å². The third kappa shape index (κ3) is 4.36. The van der Waals surface area contributed by atoms with Gasteiger partial charge >= 0.3 is 0 Å². The number of amides is 2. The molecule has 3 rings (SSSR count). The van der Waals surface area contributed by atoms with Crippen LogP contribution in [0.3, 0.4) is 0 Å². The van der Waals surface area contributed by atoms with Crippen LogP contribution < -0.4 is 5.32 Å². The van der Waals surface area contributed by atoms with Crippen LogP contribution in [0.2, 0.25) is 0 Å². The molecule has 1 aliphatic rings. The van der Waals surface area contributed by atoms with Gasteiger partial charge < -0.3 is 10.2 Å². The first-order valence-electron chi connectivity index (χ1n) is 9.76. The van der Waals surface area contributed by atoms with Crippen LogP contribution in [0.5, 0.6) is 0 Å². The van der Waals surface area contributed by atoms with Crippen molar-refractivity contribution in [2.45, 2.75) is 26.7 Å². The lowest BCUT2D eigenvalue weighted by atomic mass is 9.79. The van der Waals surface area contributed by atoms with E-state index in [2.05, 4.69) is 41.5 Å². The van der Waals surface area contributed by atoms with Crippen molar-refractivity contribution >= 4 is 23.2 Å². The quantitative estimate of drug-likeness (QED) is 0.715. The Morgan fingerprint density at radius 3 is 2.82 bits per heavy atom. The minimum absolute atomic E-state index is 0.00739. The lowest BCUT2D eigenvalue weighted by molar-refractivity contribution is -0.135. The van der Waals surface area contributed by atoms with Crippen molar-refractivity contribution in [1.82, 2.24) is 10.2 Å². The van der Waals surface area contributed by atoms with Gasteiger partial charge in [-0.1, -0.05) is 50.3 Å². The van der Waals surface area contributed by atoms with Crippen molar-refractivity contribution in [3.63, 3.8) is 0 Å². The van der Waals surface area contributed by atoms with E-state index < -0.39 is 5.41 Å². The van der Waals surface area contributed by atoms with E-state index in [-0.39, 0.29) is 17.7 Å². The first-order valence-corrected chi connectivity index (χ1v) is 10.6. The van der Waals surface area contributed by atoms with Crippen LogP contribution in [0.4, 0.5) is 0 Å². The molecule has 2 amide bonds. The molecule has 1 saturated heterocycles. The zero-order valence-corrected chi connectivity index (χ0v) is 17.4. The maximum Gasteiger partial charge on any atom is 0.228 e. The first kappa shape index (κ1) is 20.3. The number of benzene rings is 1. The van der Waals surface area contributed by atoms with Crippen LogP contribution in [0.15, 0.2) is 54.4 Å². The second-order valence-electron chi connectivity index (χ2n) is 7.80. The van der Waals surface area contributed by atoms with Crippen molar-refractivity contribution in [3.8, 4) is 10.4 Å². The van der Waals surface area contributed by atoms with Crippen molar-refractivity contribution in [2.24, 2.45) is 11.3 Å². The smallest absolute Gasteiger partial charge is 0.228 e. The lowest BCUT2D eigenvalue weighted by Gasteiger charge is -2.29. The second-order valence-corrected chi connectivity index (χ2v) is 8.75. The molecule has 0 spiro atoms. The van der Waals surface area contributed by atoms with Gasteiger partial charge in [-0.15, -0.1) is 17.9 Å². The molecule has 28 heavy (non-hydrogen) atoms. The predicted octanol–water partition coefficient (Wildman–Crippen LogP) is 4.13. The average Bonchev–Trinajstić information content (AvgIpc) is 3.36. The number of rotatable bonds is 7. The number of thiophene rings is 1. The highest BCUT2D eigenvalue weighted by Gasteiger charge is 2.46. The minimum Gasteiger partial charge on any atom is -0.352 e. The minimum atomic E-state index is -0.596. The molecule has 2 heterocycles. The lowest BCUT2D eigenvalue weighted by Crippen LogP contribution is -2.45. The van der Waals surface area contributed by atoms with E-state index in [9.17, 15) is 9.59 Å². The monoisotopic (exact) mass is 396 g/mol. The molecule has 4 nitrogen and oxygen atoms in total. The molecule has 1 aliphatic heterocycles. The molecule has 0 bridgehead atoms. The number of nitrogens with one attached hydrogen (secondary N) is 1. The van der Waals surface area contributed by atoms with Crippen LogP contribution in [-0.4, -0.2) is 36.3 Å². The SMILES string of the molecule is C=CCNC(=O)[C@]1(Cc2cccc(-c3cccs3)c2)CCN(C(=O)C(C)C)C1. The summed E-state index contributed by atoms with van der Waals surface area (Å²) in [5.74, 6) is 0.0629. The molecule has 0 saturated carbocycles. The van der Waals surface area contributed by atoms with Gasteiger partial charge in [-0.05, 0) is 35.4 Å². The Morgan fingerprint density at radius 2 is 2.14 bits per heavy atom. The van der Waals surface area contributed by atoms with Gasteiger partial charge in [0.05, 0.1) is 5.41 Å². The van der Waals surface area contributed by atoms with Crippen molar-refractivity contribution in [1.29, 1.82) is 0 Å². The zero-order chi connectivity index (χ0) is 20.1. The predicted molar refractivity (Wildman–Crippen MR) is 115 cm³/mol. The fourth-order valence-electron chi connectivity index (χ4n) is 3.86. The summed E-state index contributed by atoms with van der Waals surface area (Å²) in [7, 11) is 0. The fourth-order valence-corrected chi connectivity index (χ4v) is 4.58. The number of hydrogen-bond donors (Lipinski definition) is 1. The van der Waals surface area contributed by atoms with Crippen molar-refractivity contribution in [3.05, 3.63) is 60.0 Å². The van der Waals surface area contributed by atoms with Crippen LogP contribution in [-0.2, 0) is 16.0 Å². The van der Waals surface area contributed by atoms with Crippen LogP contribution >= 0.6 is 11.3 Å². The van der Waals surface area contributed by atoms with Gasteiger partial charge in [-0.3, -0.25) is 9.59 Å². The average molecular weight is 397 g/mol. The van der Waals surface area contributed by atoms with Gasteiger partial charge in [0.1, 0.15) is 0 Å². The Morgan fingerprint density at radius 1 is 1.32 bits per heavy atom. The third-order valence-corrected chi connectivity index (χ3v) is 6.24. The Balaban J connectivity index is 1.86. The first-order chi connectivity index (χ1) is 13.4. The molecule has 2 aromatic rings. The third-order valence-electron chi connectivity index (χ3n) is 5.32. The van der Waals surface area contributed by atoms with Crippen LogP contribution in [0.25, 0.3) is 10.4 Å². The number of carbonyl (C=O) groups excluding carboxylic acids is 2. The van der Waals surface area contributed by atoms with Gasteiger partial charge in [0.25, 0.3) is 0 Å². The van der Waals surface area contributed by atoms with Gasteiger partial charge in [0.15, 0.2) is 0 Å². The van der Waals surface area contributed by atoms with E-state index >= 15 is 0 Å². The van der Waals surface area contributed by atoms with E-state index in [1.807, 2.05) is 30.9 Å². The van der Waals surface area contributed by atoms with Gasteiger partial charge in [0, 0.05) is 30.4 Å². The molecule has 5 heteroatoms. The molecule has 1 N–H and O–H groups in total. The summed E-state index contributed by atoms with van der Waals surface area (Å²) in [6, 6.07) is 12.5. The Bertz CT molecular complexity index is 844. The summed E-state index contributed by atoms with van der Waals surface area (Å²) in [6.45, 7) is 9.04. The summed E-state index contributed by atoms with van der Waals surface area (Å²) < 4.78 is 0. The molecule has 1 aromatic heterocycles. The largest absolute Gasteiger partial charge is 0.352 e. The number of nitrogens with zero attached hydrogens (tertiary/aromatic N) is 1. The highest BCUT2D eigenvalue weighted by atomic mass is 32.1.